The number of ether oxygens (including phenoxy) is 3. The predicted molar refractivity (Wildman–Crippen MR) is 67.7 cm³/mol. The summed E-state index contributed by atoms with van der Waals surface area (Å²) in [5.74, 6) is 2.48. The highest BCUT2D eigenvalue weighted by atomic mass is 35.5. The number of halogens is 1. The first-order chi connectivity index (χ1) is 9.28. The number of para-hydroxylation sites is 1. The summed E-state index contributed by atoms with van der Waals surface area (Å²) >= 11 is 5.58. The van der Waals surface area contributed by atoms with Crippen LogP contribution in [0.5, 0.6) is 17.2 Å². The molecule has 0 amide bonds. The Labute approximate surface area is 115 Å². The van der Waals surface area contributed by atoms with Crippen LogP contribution in [0.4, 0.5) is 0 Å². The van der Waals surface area contributed by atoms with Gasteiger partial charge in [0, 0.05) is 0 Å². The van der Waals surface area contributed by atoms with Crippen LogP contribution in [0.1, 0.15) is 11.8 Å². The van der Waals surface area contributed by atoms with Gasteiger partial charge in [0.05, 0.1) is 14.2 Å². The summed E-state index contributed by atoms with van der Waals surface area (Å²) in [6.45, 7) is 0.112. The maximum Gasteiger partial charge on any atom is 0.253 e. The summed E-state index contributed by atoms with van der Waals surface area (Å²) in [6, 6.07) is 5.36. The number of nitrogens with zero attached hydrogens (tertiary/aromatic N) is 2. The first kappa shape index (κ1) is 13.5. The highest BCUT2D eigenvalue weighted by Gasteiger charge is 2.13. The molecule has 0 radical (unpaired) electrons. The van der Waals surface area contributed by atoms with Crippen LogP contribution in [0, 0.1) is 0 Å². The maximum atomic E-state index is 5.60. The van der Waals surface area contributed by atoms with Gasteiger partial charge >= 0.3 is 0 Å². The summed E-state index contributed by atoms with van der Waals surface area (Å²) in [4.78, 5) is 0. The molecule has 1 heterocycles. The summed E-state index contributed by atoms with van der Waals surface area (Å²) in [5.41, 5.74) is 0. The molecule has 1 aromatic carbocycles. The van der Waals surface area contributed by atoms with Gasteiger partial charge < -0.3 is 18.6 Å². The Kier molecular flexibility index (Phi) is 4.46. The maximum absolute atomic E-state index is 5.60. The fourth-order valence-corrected chi connectivity index (χ4v) is 1.60. The Balaban J connectivity index is 2.13. The molecule has 0 spiro atoms. The van der Waals surface area contributed by atoms with Crippen LogP contribution in [-0.4, -0.2) is 24.4 Å². The molecule has 6 nitrogen and oxygen atoms in total. The number of hydrogen-bond donors (Lipinski definition) is 0. The molecule has 1 aromatic heterocycles. The van der Waals surface area contributed by atoms with E-state index in [1.54, 1.807) is 26.4 Å². The second kappa shape index (κ2) is 6.29. The highest BCUT2D eigenvalue weighted by molar-refractivity contribution is 6.16. The molecule has 0 saturated heterocycles. The highest BCUT2D eigenvalue weighted by Crippen LogP contribution is 2.37. The van der Waals surface area contributed by atoms with Crippen LogP contribution >= 0.6 is 11.6 Å². The summed E-state index contributed by atoms with van der Waals surface area (Å²) in [6.07, 6.45) is 0. The van der Waals surface area contributed by atoms with E-state index in [-0.39, 0.29) is 12.5 Å². The largest absolute Gasteiger partial charge is 0.493 e. The lowest BCUT2D eigenvalue weighted by atomic mass is 10.3. The zero-order chi connectivity index (χ0) is 13.7. The molecule has 2 rings (SSSR count). The second-order valence-corrected chi connectivity index (χ2v) is 3.77. The lowest BCUT2D eigenvalue weighted by molar-refractivity contribution is 0.235. The van der Waals surface area contributed by atoms with Crippen molar-refractivity contribution in [3.63, 3.8) is 0 Å². The van der Waals surface area contributed by atoms with Gasteiger partial charge in [-0.1, -0.05) is 6.07 Å². The molecule has 2 aromatic rings. The van der Waals surface area contributed by atoms with Crippen molar-refractivity contribution in [1.82, 2.24) is 10.2 Å². The Morgan fingerprint density at radius 2 is 1.74 bits per heavy atom. The Morgan fingerprint density at radius 3 is 2.26 bits per heavy atom. The Hall–Kier alpha value is -1.95. The minimum absolute atomic E-state index is 0.112. The van der Waals surface area contributed by atoms with E-state index in [1.807, 2.05) is 6.07 Å². The molecule has 0 aliphatic rings. The smallest absolute Gasteiger partial charge is 0.253 e. The zero-order valence-electron chi connectivity index (χ0n) is 10.6. The fourth-order valence-electron chi connectivity index (χ4n) is 1.49. The van der Waals surface area contributed by atoms with Gasteiger partial charge in [0.2, 0.25) is 11.6 Å². The van der Waals surface area contributed by atoms with Crippen LogP contribution in [0.2, 0.25) is 0 Å². The molecule has 0 unspecified atom stereocenters. The lowest BCUT2D eigenvalue weighted by Crippen LogP contribution is -2.00. The summed E-state index contributed by atoms with van der Waals surface area (Å²) < 4.78 is 21.3. The standard InChI is InChI=1S/C12H13ClN2O4/c1-16-8-4-3-5-9(17-2)12(8)18-7-11-15-14-10(6-13)19-11/h3-5H,6-7H2,1-2H3. The Morgan fingerprint density at radius 1 is 1.11 bits per heavy atom. The van der Waals surface area contributed by atoms with E-state index >= 15 is 0 Å². The first-order valence-electron chi connectivity index (χ1n) is 5.49. The van der Waals surface area contributed by atoms with Gasteiger partial charge in [-0.3, -0.25) is 0 Å². The number of hydrogen-bond acceptors (Lipinski definition) is 6. The minimum Gasteiger partial charge on any atom is -0.493 e. The quantitative estimate of drug-likeness (QED) is 0.759. The van der Waals surface area contributed by atoms with Gasteiger partial charge in [-0.2, -0.15) is 0 Å². The van der Waals surface area contributed by atoms with E-state index in [0.29, 0.717) is 29.0 Å². The third-order valence-corrected chi connectivity index (χ3v) is 2.57. The van der Waals surface area contributed by atoms with E-state index in [0.717, 1.165) is 0 Å². The summed E-state index contributed by atoms with van der Waals surface area (Å²) in [5, 5.41) is 7.55. The van der Waals surface area contributed by atoms with Gasteiger partial charge in [-0.25, -0.2) is 0 Å². The molecule has 0 aliphatic heterocycles. The monoisotopic (exact) mass is 284 g/mol. The van der Waals surface area contributed by atoms with Crippen molar-refractivity contribution in [2.45, 2.75) is 12.5 Å². The molecule has 102 valence electrons. The molecular formula is C12H13ClN2O4. The average molecular weight is 285 g/mol. The third kappa shape index (κ3) is 3.08. The van der Waals surface area contributed by atoms with E-state index in [2.05, 4.69) is 10.2 Å². The van der Waals surface area contributed by atoms with Crippen LogP contribution in [-0.2, 0) is 12.5 Å². The molecular weight excluding hydrogens is 272 g/mol. The van der Waals surface area contributed by atoms with E-state index in [1.165, 1.54) is 0 Å². The molecule has 0 N–H and O–H groups in total. The number of benzene rings is 1. The van der Waals surface area contributed by atoms with Gasteiger partial charge in [0.1, 0.15) is 5.88 Å². The van der Waals surface area contributed by atoms with Gasteiger partial charge in [-0.15, -0.1) is 21.8 Å². The van der Waals surface area contributed by atoms with Crippen LogP contribution in [0.3, 0.4) is 0 Å². The van der Waals surface area contributed by atoms with Crippen molar-refractivity contribution < 1.29 is 18.6 Å². The van der Waals surface area contributed by atoms with Crippen molar-refractivity contribution in [3.8, 4) is 17.2 Å². The Bertz CT molecular complexity index is 522. The van der Waals surface area contributed by atoms with E-state index in [9.17, 15) is 0 Å². The van der Waals surface area contributed by atoms with E-state index < -0.39 is 0 Å². The van der Waals surface area contributed by atoms with Crippen molar-refractivity contribution in [1.29, 1.82) is 0 Å². The van der Waals surface area contributed by atoms with Crippen molar-refractivity contribution in [2.24, 2.45) is 0 Å². The molecule has 0 aliphatic carbocycles. The minimum atomic E-state index is 0.112. The number of rotatable bonds is 6. The van der Waals surface area contributed by atoms with Crippen molar-refractivity contribution in [2.75, 3.05) is 14.2 Å². The molecule has 19 heavy (non-hydrogen) atoms. The SMILES string of the molecule is COc1cccc(OC)c1OCc1nnc(CCl)o1. The average Bonchev–Trinajstić information content (AvgIpc) is 2.92. The van der Waals surface area contributed by atoms with Crippen molar-refractivity contribution in [3.05, 3.63) is 30.0 Å². The van der Waals surface area contributed by atoms with Crippen LogP contribution in [0.15, 0.2) is 22.6 Å². The van der Waals surface area contributed by atoms with Gasteiger partial charge in [0.25, 0.3) is 5.89 Å². The second-order valence-electron chi connectivity index (χ2n) is 3.50. The number of aromatic nitrogens is 2. The third-order valence-electron chi connectivity index (χ3n) is 2.35. The fraction of sp³-hybridized carbons (Fsp3) is 0.333. The molecule has 0 atom stereocenters. The molecule has 0 bridgehead atoms. The number of alkyl halides is 1. The van der Waals surface area contributed by atoms with Crippen molar-refractivity contribution >= 4 is 11.6 Å². The topological polar surface area (TPSA) is 66.6 Å². The van der Waals surface area contributed by atoms with Crippen LogP contribution < -0.4 is 14.2 Å². The normalized spacial score (nSPS) is 10.3. The summed E-state index contributed by atoms with van der Waals surface area (Å²) in [7, 11) is 3.11. The molecule has 7 heteroatoms. The zero-order valence-corrected chi connectivity index (χ0v) is 11.3. The first-order valence-corrected chi connectivity index (χ1v) is 6.03. The number of methoxy groups -OCH3 is 2. The van der Waals surface area contributed by atoms with Gasteiger partial charge in [0.15, 0.2) is 18.1 Å². The molecule has 0 saturated carbocycles. The van der Waals surface area contributed by atoms with Gasteiger partial charge in [-0.05, 0) is 12.1 Å². The van der Waals surface area contributed by atoms with Crippen LogP contribution in [0.25, 0.3) is 0 Å². The predicted octanol–water partition coefficient (Wildman–Crippen LogP) is 2.40. The molecule has 0 fully saturated rings. The van der Waals surface area contributed by atoms with E-state index in [4.69, 9.17) is 30.2 Å². The lowest BCUT2D eigenvalue weighted by Gasteiger charge is -2.12.